The lowest BCUT2D eigenvalue weighted by Crippen LogP contribution is -2.24. The third-order valence-electron chi connectivity index (χ3n) is 3.67. The summed E-state index contributed by atoms with van der Waals surface area (Å²) in [6.07, 6.45) is 0.824. The molecule has 2 aromatic rings. The Hall–Kier alpha value is -1.62. The SMILES string of the molecule is Cc1cccc2c1[nH]c(=S)n2C1CCN(C)C1=O. The number of para-hydroxylation sites is 1. The Bertz CT molecular complexity index is 685. The number of hydrogen-bond acceptors (Lipinski definition) is 2. The van der Waals surface area contributed by atoms with Gasteiger partial charge in [-0.3, -0.25) is 4.79 Å². The number of amides is 1. The van der Waals surface area contributed by atoms with E-state index in [0.717, 1.165) is 29.6 Å². The van der Waals surface area contributed by atoms with Crippen LogP contribution in [-0.4, -0.2) is 34.0 Å². The van der Waals surface area contributed by atoms with E-state index in [-0.39, 0.29) is 11.9 Å². The van der Waals surface area contributed by atoms with Crippen LogP contribution >= 0.6 is 12.2 Å². The second-order valence-corrected chi connectivity index (χ2v) is 5.22. The largest absolute Gasteiger partial charge is 0.344 e. The van der Waals surface area contributed by atoms with Crippen LogP contribution in [0.1, 0.15) is 18.0 Å². The van der Waals surface area contributed by atoms with Crippen LogP contribution in [0, 0.1) is 11.7 Å². The van der Waals surface area contributed by atoms with Gasteiger partial charge in [-0.25, -0.2) is 0 Å². The monoisotopic (exact) mass is 261 g/mol. The summed E-state index contributed by atoms with van der Waals surface area (Å²) in [5.74, 6) is 0.147. The van der Waals surface area contributed by atoms with Gasteiger partial charge in [0.25, 0.3) is 0 Å². The van der Waals surface area contributed by atoms with Crippen LogP contribution in [-0.2, 0) is 4.79 Å². The van der Waals surface area contributed by atoms with Crippen molar-refractivity contribution in [3.05, 3.63) is 28.5 Å². The quantitative estimate of drug-likeness (QED) is 0.801. The van der Waals surface area contributed by atoms with Crippen molar-refractivity contribution in [1.29, 1.82) is 0 Å². The Morgan fingerprint density at radius 1 is 1.44 bits per heavy atom. The van der Waals surface area contributed by atoms with Crippen molar-refractivity contribution in [1.82, 2.24) is 14.5 Å². The number of aryl methyl sites for hydroxylation is 1. The molecule has 5 heteroatoms. The Kier molecular flexibility index (Phi) is 2.52. The normalized spacial score (nSPS) is 20.0. The van der Waals surface area contributed by atoms with Crippen LogP contribution in [0.15, 0.2) is 18.2 Å². The maximum Gasteiger partial charge on any atom is 0.245 e. The summed E-state index contributed by atoms with van der Waals surface area (Å²) in [5.41, 5.74) is 3.20. The molecule has 94 valence electrons. The highest BCUT2D eigenvalue weighted by molar-refractivity contribution is 7.71. The zero-order valence-corrected chi connectivity index (χ0v) is 11.3. The predicted octanol–water partition coefficient (Wildman–Crippen LogP) is 2.41. The van der Waals surface area contributed by atoms with Crippen LogP contribution in [0.3, 0.4) is 0 Å². The zero-order valence-electron chi connectivity index (χ0n) is 10.4. The number of aromatic amines is 1. The molecule has 1 amide bonds. The molecule has 0 saturated carbocycles. The number of H-pyrrole nitrogens is 1. The van der Waals surface area contributed by atoms with Gasteiger partial charge in [-0.15, -0.1) is 0 Å². The molecule has 4 nitrogen and oxygen atoms in total. The van der Waals surface area contributed by atoms with Crippen molar-refractivity contribution in [2.24, 2.45) is 0 Å². The van der Waals surface area contributed by atoms with Gasteiger partial charge in [-0.1, -0.05) is 12.1 Å². The molecule has 18 heavy (non-hydrogen) atoms. The minimum atomic E-state index is -0.155. The predicted molar refractivity (Wildman–Crippen MR) is 73.2 cm³/mol. The molecule has 1 N–H and O–H groups in total. The zero-order chi connectivity index (χ0) is 12.9. The van der Waals surface area contributed by atoms with Crippen molar-refractivity contribution in [2.45, 2.75) is 19.4 Å². The fraction of sp³-hybridized carbons (Fsp3) is 0.385. The maximum atomic E-state index is 12.1. The average Bonchev–Trinajstić information content (AvgIpc) is 2.83. The van der Waals surface area contributed by atoms with E-state index in [0.29, 0.717) is 4.77 Å². The standard InChI is InChI=1S/C13H15N3OS/c1-8-4-3-5-9-11(8)14-13(18)16(9)10-6-7-15(2)12(10)17/h3-5,10H,6-7H2,1-2H3,(H,14,18). The number of hydrogen-bond donors (Lipinski definition) is 1. The van der Waals surface area contributed by atoms with Crippen molar-refractivity contribution in [3.8, 4) is 0 Å². The lowest BCUT2D eigenvalue weighted by atomic mass is 10.2. The number of carbonyl (C=O) groups excluding carboxylic acids is 1. The molecule has 0 radical (unpaired) electrons. The summed E-state index contributed by atoms with van der Waals surface area (Å²) in [6.45, 7) is 2.84. The van der Waals surface area contributed by atoms with Crippen LogP contribution in [0.4, 0.5) is 0 Å². The second kappa shape index (κ2) is 3.95. The van der Waals surface area contributed by atoms with Gasteiger partial charge < -0.3 is 14.5 Å². The number of likely N-dealkylation sites (N-methyl/N-ethyl adjacent to an activating group) is 1. The highest BCUT2D eigenvalue weighted by atomic mass is 32.1. The van der Waals surface area contributed by atoms with E-state index in [1.807, 2.05) is 36.7 Å². The summed E-state index contributed by atoms with van der Waals surface area (Å²) in [5, 5.41) is 0. The van der Waals surface area contributed by atoms with Crippen LogP contribution < -0.4 is 0 Å². The number of aromatic nitrogens is 2. The van der Waals surface area contributed by atoms with Crippen molar-refractivity contribution in [3.63, 3.8) is 0 Å². The molecule has 2 heterocycles. The first-order chi connectivity index (χ1) is 8.59. The molecule has 0 bridgehead atoms. The van der Waals surface area contributed by atoms with E-state index in [4.69, 9.17) is 12.2 Å². The average molecular weight is 261 g/mol. The van der Waals surface area contributed by atoms with Crippen LogP contribution in [0.5, 0.6) is 0 Å². The maximum absolute atomic E-state index is 12.1. The van der Waals surface area contributed by atoms with Gasteiger partial charge >= 0.3 is 0 Å². The molecular formula is C13H15N3OS. The van der Waals surface area contributed by atoms with Gasteiger partial charge in [0, 0.05) is 13.6 Å². The Morgan fingerprint density at radius 2 is 2.22 bits per heavy atom. The number of nitrogens with one attached hydrogen (secondary N) is 1. The summed E-state index contributed by atoms with van der Waals surface area (Å²) in [6, 6.07) is 5.90. The van der Waals surface area contributed by atoms with Crippen LogP contribution in [0.2, 0.25) is 0 Å². The first-order valence-electron chi connectivity index (χ1n) is 6.04. The minimum Gasteiger partial charge on any atom is -0.344 e. The molecule has 0 spiro atoms. The number of benzene rings is 1. The third kappa shape index (κ3) is 1.50. The Balaban J connectivity index is 2.24. The third-order valence-corrected chi connectivity index (χ3v) is 3.97. The smallest absolute Gasteiger partial charge is 0.245 e. The van der Waals surface area contributed by atoms with E-state index in [9.17, 15) is 4.79 Å². The molecule has 1 aliphatic rings. The number of nitrogens with zero attached hydrogens (tertiary/aromatic N) is 2. The van der Waals surface area contributed by atoms with E-state index in [1.165, 1.54) is 0 Å². The summed E-state index contributed by atoms with van der Waals surface area (Å²) in [4.78, 5) is 17.1. The molecule has 3 rings (SSSR count). The van der Waals surface area contributed by atoms with Gasteiger partial charge in [0.15, 0.2) is 4.77 Å². The first-order valence-corrected chi connectivity index (χ1v) is 6.45. The van der Waals surface area contributed by atoms with Crippen molar-refractivity contribution < 1.29 is 4.79 Å². The van der Waals surface area contributed by atoms with E-state index < -0.39 is 0 Å². The van der Waals surface area contributed by atoms with Gasteiger partial charge in [0.1, 0.15) is 6.04 Å². The van der Waals surface area contributed by atoms with Gasteiger partial charge in [0.2, 0.25) is 5.91 Å². The van der Waals surface area contributed by atoms with E-state index in [2.05, 4.69) is 4.98 Å². The summed E-state index contributed by atoms with van der Waals surface area (Å²) >= 11 is 5.38. The fourth-order valence-electron chi connectivity index (χ4n) is 2.65. The summed E-state index contributed by atoms with van der Waals surface area (Å²) < 4.78 is 2.59. The van der Waals surface area contributed by atoms with E-state index in [1.54, 1.807) is 4.90 Å². The highest BCUT2D eigenvalue weighted by Crippen LogP contribution is 2.28. The Labute approximate surface area is 110 Å². The Morgan fingerprint density at radius 3 is 2.89 bits per heavy atom. The van der Waals surface area contributed by atoms with Crippen molar-refractivity contribution in [2.75, 3.05) is 13.6 Å². The number of carbonyl (C=O) groups is 1. The number of fused-ring (bicyclic) bond motifs is 1. The molecule has 1 atom stereocenters. The molecule has 1 aromatic heterocycles. The molecular weight excluding hydrogens is 246 g/mol. The van der Waals surface area contributed by atoms with Crippen molar-refractivity contribution >= 4 is 29.2 Å². The molecule has 1 aliphatic heterocycles. The number of rotatable bonds is 1. The fourth-order valence-corrected chi connectivity index (χ4v) is 2.97. The first kappa shape index (κ1) is 11.5. The van der Waals surface area contributed by atoms with E-state index >= 15 is 0 Å². The highest BCUT2D eigenvalue weighted by Gasteiger charge is 2.32. The minimum absolute atomic E-state index is 0.147. The molecule has 1 aromatic carbocycles. The van der Waals surface area contributed by atoms with Crippen LogP contribution in [0.25, 0.3) is 11.0 Å². The van der Waals surface area contributed by atoms with Gasteiger partial charge in [0.05, 0.1) is 11.0 Å². The second-order valence-electron chi connectivity index (χ2n) is 4.83. The van der Waals surface area contributed by atoms with Gasteiger partial charge in [-0.05, 0) is 37.2 Å². The number of likely N-dealkylation sites (tertiary alicyclic amines) is 1. The topological polar surface area (TPSA) is 41.0 Å². The lowest BCUT2D eigenvalue weighted by molar-refractivity contribution is -0.129. The molecule has 0 aliphatic carbocycles. The molecule has 1 unspecified atom stereocenters. The molecule has 1 saturated heterocycles. The number of imidazole rings is 1. The molecule has 1 fully saturated rings. The van der Waals surface area contributed by atoms with Gasteiger partial charge in [-0.2, -0.15) is 0 Å². The summed E-state index contributed by atoms with van der Waals surface area (Å²) in [7, 11) is 1.84. The lowest BCUT2D eigenvalue weighted by Gasteiger charge is -2.12.